The average Bonchev–Trinajstić information content (AvgIpc) is 3.18. The largest absolute Gasteiger partial charge is 0.480 e. The van der Waals surface area contributed by atoms with Crippen LogP contribution in [0.15, 0.2) is 72.8 Å². The Bertz CT molecular complexity index is 1590. The van der Waals surface area contributed by atoms with Crippen LogP contribution in [0.4, 0.5) is 17.1 Å². The molecule has 0 aliphatic carbocycles. The van der Waals surface area contributed by atoms with Crippen LogP contribution in [0.5, 0.6) is 0 Å². The van der Waals surface area contributed by atoms with Crippen LogP contribution < -0.4 is 31.9 Å². The minimum absolute atomic E-state index is 0. The zero-order valence-electron chi connectivity index (χ0n) is 31.2. The van der Waals surface area contributed by atoms with Crippen molar-refractivity contribution in [3.05, 3.63) is 89.5 Å². The van der Waals surface area contributed by atoms with Crippen molar-refractivity contribution in [1.29, 1.82) is 0 Å². The highest BCUT2D eigenvalue weighted by atomic mass is 35.5. The van der Waals surface area contributed by atoms with Crippen LogP contribution >= 0.6 is 58.8 Å². The second-order valence-corrected chi connectivity index (χ2v) is 14.3. The molecule has 0 aliphatic rings. The summed E-state index contributed by atoms with van der Waals surface area (Å²) in [4.78, 5) is 42.6. The molecule has 3 aromatic rings. The van der Waals surface area contributed by atoms with Crippen molar-refractivity contribution in [1.82, 2.24) is 0 Å². The van der Waals surface area contributed by atoms with Gasteiger partial charge in [-0.1, -0.05) is 36.4 Å². The SMILES string of the molecule is Cl.N[C@@H](Cc1ccc(N(CCCl)CCOC(=O)[C@@H](N)Cc2ccc(N(CCCl)CCOC(=O)[C@@H](N)Cc3ccc(N(CCCl)CCCl)cc3)cc2)cc1)C(=O)O. The molecule has 0 saturated heterocycles. The van der Waals surface area contributed by atoms with Gasteiger partial charge < -0.3 is 46.5 Å². The second kappa shape index (κ2) is 26.7. The molecule has 0 fully saturated rings. The van der Waals surface area contributed by atoms with E-state index in [1.165, 1.54) is 0 Å². The summed E-state index contributed by atoms with van der Waals surface area (Å²) >= 11 is 24.0. The van der Waals surface area contributed by atoms with E-state index < -0.39 is 36.0 Å². The monoisotopic (exact) mass is 876 g/mol. The molecule has 3 atom stereocenters. The molecule has 0 heterocycles. The van der Waals surface area contributed by atoms with E-state index in [0.717, 1.165) is 33.8 Å². The summed E-state index contributed by atoms with van der Waals surface area (Å²) < 4.78 is 11.0. The Morgan fingerprint density at radius 1 is 0.500 bits per heavy atom. The summed E-state index contributed by atoms with van der Waals surface area (Å²) in [6.45, 7) is 3.44. The number of benzene rings is 3. The Hall–Kier alpha value is -3.20. The summed E-state index contributed by atoms with van der Waals surface area (Å²) in [7, 11) is 0. The molecule has 7 N–H and O–H groups in total. The van der Waals surface area contributed by atoms with Crippen LogP contribution in [0, 0.1) is 0 Å². The number of ether oxygens (including phenoxy) is 2. The quantitative estimate of drug-likeness (QED) is 0.0649. The lowest BCUT2D eigenvalue weighted by atomic mass is 10.1. The zero-order chi connectivity index (χ0) is 40.2. The number of carbonyl (C=O) groups is 3. The highest BCUT2D eigenvalue weighted by Gasteiger charge is 2.19. The van der Waals surface area contributed by atoms with Crippen molar-refractivity contribution in [2.75, 3.05) is 90.7 Å². The minimum Gasteiger partial charge on any atom is -0.480 e. The Kier molecular flexibility index (Phi) is 23.3. The van der Waals surface area contributed by atoms with Gasteiger partial charge in [0.1, 0.15) is 31.3 Å². The molecular formula is C39H53Cl5N6O6. The average molecular weight is 879 g/mol. The fourth-order valence-electron chi connectivity index (χ4n) is 5.79. The summed E-state index contributed by atoms with van der Waals surface area (Å²) in [5.74, 6) is -0.362. The lowest BCUT2D eigenvalue weighted by Crippen LogP contribution is -2.37. The first-order valence-corrected chi connectivity index (χ1v) is 20.2. The zero-order valence-corrected chi connectivity index (χ0v) is 35.1. The van der Waals surface area contributed by atoms with Crippen molar-refractivity contribution in [3.8, 4) is 0 Å². The molecule has 3 rings (SSSR count). The highest BCUT2D eigenvalue weighted by Crippen LogP contribution is 2.19. The van der Waals surface area contributed by atoms with Gasteiger partial charge in [0.15, 0.2) is 0 Å². The van der Waals surface area contributed by atoms with Crippen molar-refractivity contribution in [3.63, 3.8) is 0 Å². The standard InChI is InChI=1S/C39H52Cl4N6O6.ClH/c40-13-17-47(18-14-41)31-7-3-29(4-8-31)26-35(45)38(52)55-24-22-49(20-16-43)33-11-5-30(6-12-33)27-36(46)39(53)54-23-21-48(19-15-42)32-9-1-28(2-10-32)25-34(44)37(50)51;/h1-12,34-36H,13-27,44-46H2,(H,50,51);1H/t34-,35-,36-;/m0./s1. The first-order valence-electron chi connectivity index (χ1n) is 18.1. The van der Waals surface area contributed by atoms with Crippen molar-refractivity contribution in [2.45, 2.75) is 37.4 Å². The Morgan fingerprint density at radius 3 is 1.04 bits per heavy atom. The van der Waals surface area contributed by atoms with Crippen LogP contribution in [0.1, 0.15) is 16.7 Å². The molecule has 3 aromatic carbocycles. The maximum atomic E-state index is 12.8. The number of carboxylic acid groups (broad SMARTS) is 1. The molecule has 0 amide bonds. The maximum absolute atomic E-state index is 12.8. The molecule has 56 heavy (non-hydrogen) atoms. The van der Waals surface area contributed by atoms with Gasteiger partial charge in [0.25, 0.3) is 0 Å². The van der Waals surface area contributed by atoms with E-state index in [1.54, 1.807) is 0 Å². The predicted octanol–water partition coefficient (Wildman–Crippen LogP) is 4.66. The van der Waals surface area contributed by atoms with E-state index in [2.05, 4.69) is 4.90 Å². The summed E-state index contributed by atoms with van der Waals surface area (Å²) in [5.41, 5.74) is 23.3. The molecule has 12 nitrogen and oxygen atoms in total. The van der Waals surface area contributed by atoms with Gasteiger partial charge in [0.2, 0.25) is 0 Å². The maximum Gasteiger partial charge on any atom is 0.323 e. The first-order chi connectivity index (χ1) is 26.5. The van der Waals surface area contributed by atoms with E-state index in [0.29, 0.717) is 69.2 Å². The fourth-order valence-corrected chi connectivity index (χ4v) is 6.61. The van der Waals surface area contributed by atoms with E-state index >= 15 is 0 Å². The van der Waals surface area contributed by atoms with Gasteiger partial charge in [0, 0.05) is 66.8 Å². The number of esters is 2. The number of halogens is 5. The molecule has 0 aromatic heterocycles. The number of anilines is 3. The molecule has 0 aliphatic heterocycles. The molecule has 0 bridgehead atoms. The van der Waals surface area contributed by atoms with Gasteiger partial charge >= 0.3 is 17.9 Å². The van der Waals surface area contributed by atoms with Gasteiger partial charge in [-0.15, -0.1) is 58.8 Å². The molecule has 0 unspecified atom stereocenters. The Balaban J connectivity index is 0.0000108. The van der Waals surface area contributed by atoms with Gasteiger partial charge in [-0.25, -0.2) is 0 Å². The predicted molar refractivity (Wildman–Crippen MR) is 231 cm³/mol. The lowest BCUT2D eigenvalue weighted by molar-refractivity contribution is -0.145. The Labute approximate surface area is 355 Å². The third-order valence-electron chi connectivity index (χ3n) is 8.82. The van der Waals surface area contributed by atoms with Crippen LogP contribution in [0.3, 0.4) is 0 Å². The number of hydrogen-bond acceptors (Lipinski definition) is 11. The number of nitrogens with two attached hydrogens (primary N) is 3. The van der Waals surface area contributed by atoms with Gasteiger partial charge in [-0.2, -0.15) is 0 Å². The molecule has 17 heteroatoms. The number of rotatable bonds is 26. The van der Waals surface area contributed by atoms with Crippen LogP contribution in [0.2, 0.25) is 0 Å². The molecule has 310 valence electrons. The van der Waals surface area contributed by atoms with E-state index in [9.17, 15) is 14.4 Å². The third kappa shape index (κ3) is 16.7. The second-order valence-electron chi connectivity index (χ2n) is 12.8. The molecule has 0 saturated carbocycles. The van der Waals surface area contributed by atoms with Gasteiger partial charge in [0.05, 0.1) is 13.1 Å². The fraction of sp³-hybridized carbons (Fsp3) is 0.462. The topological polar surface area (TPSA) is 178 Å². The van der Waals surface area contributed by atoms with E-state index in [4.69, 9.17) is 78.2 Å². The third-order valence-corrected chi connectivity index (χ3v) is 9.50. The number of carboxylic acids is 1. The van der Waals surface area contributed by atoms with Crippen molar-refractivity contribution in [2.24, 2.45) is 17.2 Å². The number of carbonyl (C=O) groups excluding carboxylic acids is 2. The highest BCUT2D eigenvalue weighted by molar-refractivity contribution is 6.19. The lowest BCUT2D eigenvalue weighted by Gasteiger charge is -2.25. The minimum atomic E-state index is -1.06. The summed E-state index contributed by atoms with van der Waals surface area (Å²) in [5, 5.41) is 9.06. The van der Waals surface area contributed by atoms with Crippen molar-refractivity contribution < 1.29 is 29.0 Å². The normalized spacial score (nSPS) is 12.5. The van der Waals surface area contributed by atoms with Gasteiger partial charge in [-0.3, -0.25) is 14.4 Å². The van der Waals surface area contributed by atoms with Crippen LogP contribution in [-0.2, 0) is 43.1 Å². The van der Waals surface area contributed by atoms with E-state index in [1.807, 2.05) is 82.6 Å². The Morgan fingerprint density at radius 2 is 0.768 bits per heavy atom. The number of nitrogens with zero attached hydrogens (tertiary/aromatic N) is 3. The van der Waals surface area contributed by atoms with E-state index in [-0.39, 0.29) is 38.5 Å². The molecule has 0 radical (unpaired) electrons. The first kappa shape index (κ1) is 48.9. The number of alkyl halides is 4. The molecular weight excluding hydrogens is 826 g/mol. The number of hydrogen-bond donors (Lipinski definition) is 4. The van der Waals surface area contributed by atoms with Crippen LogP contribution in [0.25, 0.3) is 0 Å². The molecule has 0 spiro atoms. The van der Waals surface area contributed by atoms with Crippen molar-refractivity contribution >= 4 is 93.8 Å². The number of aliphatic carboxylic acids is 1. The smallest absolute Gasteiger partial charge is 0.323 e. The van der Waals surface area contributed by atoms with Crippen LogP contribution in [-0.4, -0.2) is 117 Å². The van der Waals surface area contributed by atoms with Gasteiger partial charge in [-0.05, 0) is 72.4 Å². The summed E-state index contributed by atoms with van der Waals surface area (Å²) in [6.07, 6.45) is 0.825. The summed E-state index contributed by atoms with van der Waals surface area (Å²) in [6, 6.07) is 20.1.